The number of allylic oxidation sites excluding steroid dienone is 1. The van der Waals surface area contributed by atoms with Gasteiger partial charge in [0.2, 0.25) is 5.88 Å². The molecule has 0 saturated carbocycles. The summed E-state index contributed by atoms with van der Waals surface area (Å²) in [4.78, 5) is 21.6. The van der Waals surface area contributed by atoms with Crippen molar-refractivity contribution in [3.63, 3.8) is 0 Å². The van der Waals surface area contributed by atoms with Crippen LogP contribution in [-0.4, -0.2) is 16.5 Å². The average Bonchev–Trinajstić information content (AvgIpc) is 3.44. The van der Waals surface area contributed by atoms with Gasteiger partial charge in [-0.3, -0.25) is 4.79 Å². The van der Waals surface area contributed by atoms with Crippen molar-refractivity contribution < 1.29 is 14.3 Å². The molecular weight excluding hydrogens is 376 g/mol. The molecule has 0 fully saturated rings. The molecule has 0 N–H and O–H groups in total. The van der Waals surface area contributed by atoms with Crippen molar-refractivity contribution in [2.24, 2.45) is 4.99 Å². The van der Waals surface area contributed by atoms with E-state index in [4.69, 9.17) is 9.47 Å². The van der Waals surface area contributed by atoms with E-state index in [-0.39, 0.29) is 5.78 Å². The third kappa shape index (κ3) is 3.93. The van der Waals surface area contributed by atoms with Crippen LogP contribution in [0.1, 0.15) is 28.7 Å². The van der Waals surface area contributed by atoms with E-state index in [1.165, 1.54) is 11.1 Å². The molecule has 3 aromatic rings. The minimum atomic E-state index is 0.0565. The van der Waals surface area contributed by atoms with Crippen LogP contribution in [-0.2, 0) is 29.2 Å². The van der Waals surface area contributed by atoms with Crippen molar-refractivity contribution in [3.05, 3.63) is 95.2 Å². The van der Waals surface area contributed by atoms with Crippen LogP contribution in [0.2, 0.25) is 0 Å². The van der Waals surface area contributed by atoms with E-state index in [1.807, 2.05) is 54.6 Å². The number of hydrogen-bond donors (Lipinski definition) is 0. The van der Waals surface area contributed by atoms with Gasteiger partial charge in [0.25, 0.3) is 0 Å². The fraction of sp³-hybridized carbons (Fsp3) is 0.160. The Bertz CT molecular complexity index is 1170. The fourth-order valence-corrected chi connectivity index (χ4v) is 3.66. The summed E-state index contributed by atoms with van der Waals surface area (Å²) in [5, 5.41) is 0. The molecule has 30 heavy (non-hydrogen) atoms. The Balaban J connectivity index is 1.28. The number of Topliss-reactive ketones (excluding diaryl/α,β-unsaturated/α-hetero) is 1. The third-order valence-electron chi connectivity index (χ3n) is 5.21. The molecule has 3 heterocycles. The number of ether oxygens (including phenoxy) is 2. The van der Waals surface area contributed by atoms with E-state index in [1.54, 1.807) is 6.20 Å². The van der Waals surface area contributed by atoms with E-state index in [2.05, 4.69) is 22.1 Å². The maximum atomic E-state index is 12.8. The molecule has 1 aromatic heterocycles. The van der Waals surface area contributed by atoms with Gasteiger partial charge in [0.15, 0.2) is 5.78 Å². The minimum Gasteiger partial charge on any atom is -0.439 e. The molecule has 0 radical (unpaired) electrons. The van der Waals surface area contributed by atoms with Crippen molar-refractivity contribution in [1.29, 1.82) is 0 Å². The first-order valence-corrected chi connectivity index (χ1v) is 9.93. The number of nitrogens with zero attached hydrogens (tertiary/aromatic N) is 2. The van der Waals surface area contributed by atoms with Crippen LogP contribution in [0.25, 0.3) is 5.70 Å². The van der Waals surface area contributed by atoms with Crippen molar-refractivity contribution in [3.8, 4) is 11.6 Å². The summed E-state index contributed by atoms with van der Waals surface area (Å²) in [6.45, 7) is 1.29. The van der Waals surface area contributed by atoms with Crippen molar-refractivity contribution in [2.45, 2.75) is 26.1 Å². The fourth-order valence-electron chi connectivity index (χ4n) is 3.66. The summed E-state index contributed by atoms with van der Waals surface area (Å²) in [6.07, 6.45) is 4.59. The Morgan fingerprint density at radius 3 is 2.83 bits per heavy atom. The summed E-state index contributed by atoms with van der Waals surface area (Å²) >= 11 is 0. The average molecular weight is 396 g/mol. The highest BCUT2D eigenvalue weighted by atomic mass is 16.5. The molecule has 5 nitrogen and oxygen atoms in total. The van der Waals surface area contributed by atoms with Gasteiger partial charge in [-0.1, -0.05) is 42.5 Å². The highest BCUT2D eigenvalue weighted by Crippen LogP contribution is 2.28. The Hall–Kier alpha value is -3.57. The molecule has 2 aromatic carbocycles. The number of carbonyl (C=O) groups excluding carboxylic acids is 1. The number of fused-ring (bicyclic) bond motifs is 1. The number of aromatic nitrogens is 1. The van der Waals surface area contributed by atoms with Crippen LogP contribution in [0.4, 0.5) is 0 Å². The van der Waals surface area contributed by atoms with Crippen molar-refractivity contribution >= 4 is 17.2 Å². The zero-order chi connectivity index (χ0) is 20.3. The second-order valence-electron chi connectivity index (χ2n) is 7.35. The number of carbonyl (C=O) groups is 1. The number of rotatable bonds is 6. The lowest BCUT2D eigenvalue weighted by Crippen LogP contribution is -2.14. The molecule has 5 heteroatoms. The summed E-state index contributed by atoms with van der Waals surface area (Å²) < 4.78 is 11.3. The SMILES string of the molecule is O=C(Cc1ccc2c(c1)COC2)C1=NC(c2cccc(Oc3ccccn3)c2)=CC1. The molecule has 0 unspecified atom stereocenters. The second-order valence-corrected chi connectivity index (χ2v) is 7.35. The Labute approximate surface area is 174 Å². The van der Waals surface area contributed by atoms with Crippen LogP contribution in [0.3, 0.4) is 0 Å². The minimum absolute atomic E-state index is 0.0565. The summed E-state index contributed by atoms with van der Waals surface area (Å²) in [6, 6.07) is 19.3. The molecule has 0 spiro atoms. The first-order chi connectivity index (χ1) is 14.7. The van der Waals surface area contributed by atoms with Gasteiger partial charge in [0.1, 0.15) is 5.75 Å². The summed E-state index contributed by atoms with van der Waals surface area (Å²) in [7, 11) is 0. The quantitative estimate of drug-likeness (QED) is 0.594. The normalized spacial score (nSPS) is 14.8. The number of aliphatic imine (C=N–C) groups is 1. The highest BCUT2D eigenvalue weighted by molar-refractivity contribution is 6.42. The second kappa shape index (κ2) is 8.05. The predicted octanol–water partition coefficient (Wildman–Crippen LogP) is 4.90. The predicted molar refractivity (Wildman–Crippen MR) is 114 cm³/mol. The molecule has 0 bridgehead atoms. The van der Waals surface area contributed by atoms with Crippen molar-refractivity contribution in [2.75, 3.05) is 0 Å². The number of ketones is 1. The molecule has 2 aliphatic rings. The van der Waals surface area contributed by atoms with Gasteiger partial charge in [0, 0.05) is 30.7 Å². The van der Waals surface area contributed by atoms with E-state index in [9.17, 15) is 4.79 Å². The first kappa shape index (κ1) is 18.5. The van der Waals surface area contributed by atoms with Gasteiger partial charge >= 0.3 is 0 Å². The van der Waals surface area contributed by atoms with E-state index in [0.717, 1.165) is 16.8 Å². The van der Waals surface area contributed by atoms with E-state index in [0.29, 0.717) is 43.4 Å². The molecule has 5 rings (SSSR count). The number of benzene rings is 2. The molecular formula is C25H20N2O3. The molecule has 0 aliphatic carbocycles. The lowest BCUT2D eigenvalue weighted by Gasteiger charge is -2.06. The number of hydrogen-bond acceptors (Lipinski definition) is 5. The Morgan fingerprint density at radius 2 is 1.93 bits per heavy atom. The van der Waals surface area contributed by atoms with Crippen LogP contribution in [0, 0.1) is 0 Å². The molecule has 0 saturated heterocycles. The van der Waals surface area contributed by atoms with E-state index >= 15 is 0 Å². The van der Waals surface area contributed by atoms with Crippen LogP contribution in [0.5, 0.6) is 11.6 Å². The van der Waals surface area contributed by atoms with Gasteiger partial charge in [-0.2, -0.15) is 0 Å². The molecule has 148 valence electrons. The third-order valence-corrected chi connectivity index (χ3v) is 5.21. The van der Waals surface area contributed by atoms with Crippen LogP contribution in [0.15, 0.2) is 77.9 Å². The topological polar surface area (TPSA) is 60.8 Å². The standard InChI is InChI=1S/C25H20N2O3/c28-24(13-17-7-8-19-15-29-16-20(19)12-17)23-10-9-22(27-23)18-4-3-5-21(14-18)30-25-6-1-2-11-26-25/h1-9,11-12,14H,10,13,15-16H2. The van der Waals surface area contributed by atoms with Gasteiger partial charge in [0.05, 0.1) is 24.6 Å². The molecule has 0 atom stereocenters. The lowest BCUT2D eigenvalue weighted by atomic mass is 10.0. The largest absolute Gasteiger partial charge is 0.439 e. The maximum Gasteiger partial charge on any atom is 0.219 e. The van der Waals surface area contributed by atoms with E-state index < -0.39 is 0 Å². The van der Waals surface area contributed by atoms with Crippen molar-refractivity contribution in [1.82, 2.24) is 4.98 Å². The van der Waals surface area contributed by atoms with Gasteiger partial charge < -0.3 is 9.47 Å². The Kier molecular flexibility index (Phi) is 4.95. The molecule has 0 amide bonds. The lowest BCUT2D eigenvalue weighted by molar-refractivity contribution is -0.112. The zero-order valence-corrected chi connectivity index (χ0v) is 16.4. The highest BCUT2D eigenvalue weighted by Gasteiger charge is 2.19. The first-order valence-electron chi connectivity index (χ1n) is 9.93. The summed E-state index contributed by atoms with van der Waals surface area (Å²) in [5.74, 6) is 1.28. The van der Waals surface area contributed by atoms with Crippen LogP contribution >= 0.6 is 0 Å². The Morgan fingerprint density at radius 1 is 1.00 bits per heavy atom. The molecule has 2 aliphatic heterocycles. The zero-order valence-electron chi connectivity index (χ0n) is 16.4. The maximum absolute atomic E-state index is 12.8. The summed E-state index contributed by atoms with van der Waals surface area (Å²) in [5.41, 5.74) is 5.70. The monoisotopic (exact) mass is 396 g/mol. The smallest absolute Gasteiger partial charge is 0.219 e. The van der Waals surface area contributed by atoms with Gasteiger partial charge in [-0.05, 0) is 34.9 Å². The van der Waals surface area contributed by atoms with Crippen LogP contribution < -0.4 is 4.74 Å². The van der Waals surface area contributed by atoms with Gasteiger partial charge in [-0.25, -0.2) is 9.98 Å². The number of pyridine rings is 1. The van der Waals surface area contributed by atoms with Gasteiger partial charge in [-0.15, -0.1) is 0 Å².